The van der Waals surface area contributed by atoms with Crippen LogP contribution in [-0.4, -0.2) is 23.9 Å². The van der Waals surface area contributed by atoms with Crippen molar-refractivity contribution in [2.45, 2.75) is 31.7 Å². The Labute approximate surface area is 137 Å². The van der Waals surface area contributed by atoms with Gasteiger partial charge in [-0.2, -0.15) is 0 Å². The molecule has 2 heterocycles. The number of fused-ring (bicyclic) bond motifs is 3. The molecule has 3 heteroatoms. The van der Waals surface area contributed by atoms with Crippen LogP contribution >= 0.6 is 0 Å². The molecule has 0 unspecified atom stereocenters. The summed E-state index contributed by atoms with van der Waals surface area (Å²) in [6.07, 6.45) is 2.58. The van der Waals surface area contributed by atoms with Crippen molar-refractivity contribution in [3.63, 3.8) is 0 Å². The van der Waals surface area contributed by atoms with Gasteiger partial charge in [0.05, 0.1) is 0 Å². The van der Waals surface area contributed by atoms with E-state index in [1.807, 2.05) is 12.1 Å². The Morgan fingerprint density at radius 2 is 1.83 bits per heavy atom. The number of benzene rings is 2. The zero-order chi connectivity index (χ0) is 15.8. The highest BCUT2D eigenvalue weighted by molar-refractivity contribution is 5.88. The predicted octanol–water partition coefficient (Wildman–Crippen LogP) is 3.93. The Balaban J connectivity index is 1.68. The largest absolute Gasteiger partial charge is 0.326 e. The fraction of sp³-hybridized carbons (Fsp3) is 0.350. The number of nitrogens with zero attached hydrogens (tertiary/aromatic N) is 1. The molecule has 4 rings (SSSR count). The number of hydrogen-bond donors (Lipinski definition) is 1. The minimum atomic E-state index is -0.0272. The number of rotatable bonds is 2. The van der Waals surface area contributed by atoms with Gasteiger partial charge in [0.1, 0.15) is 0 Å². The van der Waals surface area contributed by atoms with Gasteiger partial charge >= 0.3 is 0 Å². The second-order valence-corrected chi connectivity index (χ2v) is 6.64. The van der Waals surface area contributed by atoms with Crippen LogP contribution in [0.5, 0.6) is 0 Å². The highest BCUT2D eigenvalue weighted by Crippen LogP contribution is 2.44. The number of amides is 1. The molecule has 23 heavy (non-hydrogen) atoms. The van der Waals surface area contributed by atoms with E-state index in [1.54, 1.807) is 6.92 Å². The van der Waals surface area contributed by atoms with Crippen LogP contribution in [0.4, 0.5) is 5.69 Å². The van der Waals surface area contributed by atoms with E-state index in [2.05, 4.69) is 46.6 Å². The molecule has 1 amide bonds. The molecule has 1 N–H and O–H groups in total. The molecule has 0 bridgehead atoms. The van der Waals surface area contributed by atoms with Crippen molar-refractivity contribution < 1.29 is 4.79 Å². The van der Waals surface area contributed by atoms with Gasteiger partial charge in [-0.3, -0.25) is 9.69 Å². The number of anilines is 1. The summed E-state index contributed by atoms with van der Waals surface area (Å²) in [6, 6.07) is 17.9. The number of carbonyl (C=O) groups excluding carboxylic acids is 1. The summed E-state index contributed by atoms with van der Waals surface area (Å²) in [5.74, 6) is 0.396. The summed E-state index contributed by atoms with van der Waals surface area (Å²) in [5, 5.41) is 2.84. The van der Waals surface area contributed by atoms with Gasteiger partial charge in [0.15, 0.2) is 0 Å². The van der Waals surface area contributed by atoms with Gasteiger partial charge in [-0.25, -0.2) is 0 Å². The van der Waals surface area contributed by atoms with E-state index in [0.717, 1.165) is 12.2 Å². The van der Waals surface area contributed by atoms with Crippen molar-refractivity contribution in [3.8, 4) is 0 Å². The van der Waals surface area contributed by atoms with Crippen LogP contribution in [0.1, 0.15) is 48.4 Å². The van der Waals surface area contributed by atoms with Crippen LogP contribution in [0.25, 0.3) is 0 Å². The van der Waals surface area contributed by atoms with Gasteiger partial charge in [-0.15, -0.1) is 0 Å². The number of hydrogen-bond acceptors (Lipinski definition) is 2. The standard InChI is InChI=1S/C20H22N2O/c1-14(23)21-16-10-8-15(9-11-16)19-13-22-12-4-7-20(22)18-6-3-2-5-17(18)19/h2-3,5-6,8-11,19-20H,4,7,12-13H2,1H3,(H,21,23)/t19-,20-/m0/s1. The van der Waals surface area contributed by atoms with Gasteiger partial charge in [0.25, 0.3) is 0 Å². The maximum absolute atomic E-state index is 11.2. The summed E-state index contributed by atoms with van der Waals surface area (Å²) in [4.78, 5) is 13.8. The summed E-state index contributed by atoms with van der Waals surface area (Å²) < 4.78 is 0. The van der Waals surface area contributed by atoms with Gasteiger partial charge < -0.3 is 5.32 Å². The molecular weight excluding hydrogens is 284 g/mol. The van der Waals surface area contributed by atoms with Crippen molar-refractivity contribution >= 4 is 11.6 Å². The lowest BCUT2D eigenvalue weighted by molar-refractivity contribution is -0.114. The number of carbonyl (C=O) groups is 1. The molecule has 0 aliphatic carbocycles. The molecule has 2 atom stereocenters. The molecular formula is C20H22N2O. The third-order valence-corrected chi connectivity index (χ3v) is 5.14. The first-order chi connectivity index (χ1) is 11.2. The van der Waals surface area contributed by atoms with E-state index in [1.165, 1.54) is 36.1 Å². The fourth-order valence-corrected chi connectivity index (χ4v) is 4.15. The van der Waals surface area contributed by atoms with E-state index < -0.39 is 0 Å². The van der Waals surface area contributed by atoms with Crippen molar-refractivity contribution in [1.82, 2.24) is 4.90 Å². The van der Waals surface area contributed by atoms with Crippen LogP contribution in [-0.2, 0) is 4.79 Å². The predicted molar refractivity (Wildman–Crippen MR) is 92.6 cm³/mol. The first-order valence-electron chi connectivity index (χ1n) is 8.43. The fourth-order valence-electron chi connectivity index (χ4n) is 4.15. The molecule has 2 aliphatic rings. The van der Waals surface area contributed by atoms with Crippen molar-refractivity contribution in [2.24, 2.45) is 0 Å². The maximum atomic E-state index is 11.2. The Hall–Kier alpha value is -2.13. The topological polar surface area (TPSA) is 32.3 Å². The number of nitrogens with one attached hydrogen (secondary N) is 1. The molecule has 3 nitrogen and oxygen atoms in total. The molecule has 118 valence electrons. The summed E-state index contributed by atoms with van der Waals surface area (Å²) in [7, 11) is 0. The Bertz CT molecular complexity index is 723. The van der Waals surface area contributed by atoms with Gasteiger partial charge in [0, 0.05) is 31.1 Å². The van der Waals surface area contributed by atoms with E-state index in [-0.39, 0.29) is 5.91 Å². The lowest BCUT2D eigenvalue weighted by atomic mass is 9.81. The van der Waals surface area contributed by atoms with Gasteiger partial charge in [0.2, 0.25) is 5.91 Å². The average molecular weight is 306 g/mol. The summed E-state index contributed by atoms with van der Waals surface area (Å²) in [6.45, 7) is 3.85. The SMILES string of the molecule is CC(=O)Nc1ccc([C@@H]2CN3CCC[C@H]3c3ccccc32)cc1. The molecule has 0 saturated carbocycles. The average Bonchev–Trinajstić information content (AvgIpc) is 3.03. The molecule has 0 aromatic heterocycles. The van der Waals surface area contributed by atoms with Crippen molar-refractivity contribution in [2.75, 3.05) is 18.4 Å². The third-order valence-electron chi connectivity index (χ3n) is 5.14. The quantitative estimate of drug-likeness (QED) is 0.912. The Morgan fingerprint density at radius 3 is 2.57 bits per heavy atom. The van der Waals surface area contributed by atoms with Crippen LogP contribution in [0.2, 0.25) is 0 Å². The second-order valence-electron chi connectivity index (χ2n) is 6.64. The smallest absolute Gasteiger partial charge is 0.221 e. The molecule has 2 aromatic rings. The van der Waals surface area contributed by atoms with Crippen LogP contribution in [0.15, 0.2) is 48.5 Å². The lowest BCUT2D eigenvalue weighted by Gasteiger charge is -2.37. The third kappa shape index (κ3) is 2.66. The van der Waals surface area contributed by atoms with Crippen LogP contribution < -0.4 is 5.32 Å². The van der Waals surface area contributed by atoms with Crippen LogP contribution in [0, 0.1) is 0 Å². The normalized spacial score (nSPS) is 23.2. The van der Waals surface area contributed by atoms with Crippen molar-refractivity contribution in [3.05, 3.63) is 65.2 Å². The zero-order valence-corrected chi connectivity index (χ0v) is 13.5. The maximum Gasteiger partial charge on any atom is 0.221 e. The molecule has 1 saturated heterocycles. The molecule has 1 fully saturated rings. The Morgan fingerprint density at radius 1 is 1.09 bits per heavy atom. The monoisotopic (exact) mass is 306 g/mol. The highest BCUT2D eigenvalue weighted by Gasteiger charge is 2.35. The molecule has 0 spiro atoms. The lowest BCUT2D eigenvalue weighted by Crippen LogP contribution is -2.34. The minimum absolute atomic E-state index is 0.0272. The van der Waals surface area contributed by atoms with Crippen LogP contribution in [0.3, 0.4) is 0 Å². The minimum Gasteiger partial charge on any atom is -0.326 e. The highest BCUT2D eigenvalue weighted by atomic mass is 16.1. The second kappa shape index (κ2) is 5.82. The zero-order valence-electron chi connectivity index (χ0n) is 13.5. The summed E-state index contributed by atoms with van der Waals surface area (Å²) >= 11 is 0. The van der Waals surface area contributed by atoms with E-state index >= 15 is 0 Å². The Kier molecular flexibility index (Phi) is 3.66. The molecule has 2 aliphatic heterocycles. The van der Waals surface area contributed by atoms with E-state index in [9.17, 15) is 4.79 Å². The molecule has 2 aromatic carbocycles. The van der Waals surface area contributed by atoms with Gasteiger partial charge in [-0.05, 0) is 48.2 Å². The van der Waals surface area contributed by atoms with E-state index in [4.69, 9.17) is 0 Å². The van der Waals surface area contributed by atoms with Gasteiger partial charge in [-0.1, -0.05) is 36.4 Å². The van der Waals surface area contributed by atoms with E-state index in [0.29, 0.717) is 12.0 Å². The summed E-state index contributed by atoms with van der Waals surface area (Å²) in [5.41, 5.74) is 5.18. The first-order valence-corrected chi connectivity index (χ1v) is 8.43. The molecule has 0 radical (unpaired) electrons. The van der Waals surface area contributed by atoms with Crippen molar-refractivity contribution in [1.29, 1.82) is 0 Å². The first kappa shape index (κ1) is 14.5.